The van der Waals surface area contributed by atoms with E-state index in [0.717, 1.165) is 36.6 Å². The van der Waals surface area contributed by atoms with Gasteiger partial charge in [-0.15, -0.1) is 12.4 Å². The quantitative estimate of drug-likeness (QED) is 0.777. The summed E-state index contributed by atoms with van der Waals surface area (Å²) in [7, 11) is 4.91. The smallest absolute Gasteiger partial charge is 0.164 e. The summed E-state index contributed by atoms with van der Waals surface area (Å²) in [4.78, 5) is 0. The first-order chi connectivity index (χ1) is 8.26. The molecular weight excluding hydrogens is 254 g/mol. The van der Waals surface area contributed by atoms with Gasteiger partial charge >= 0.3 is 0 Å². The molecule has 4 nitrogen and oxygen atoms in total. The van der Waals surface area contributed by atoms with Crippen LogP contribution >= 0.6 is 12.4 Å². The van der Waals surface area contributed by atoms with Gasteiger partial charge in [0.1, 0.15) is 5.75 Å². The van der Waals surface area contributed by atoms with Crippen LogP contribution in [0.1, 0.15) is 18.9 Å². The van der Waals surface area contributed by atoms with Crippen molar-refractivity contribution in [2.45, 2.75) is 19.9 Å². The average Bonchev–Trinajstić information content (AvgIpc) is 2.38. The zero-order valence-corrected chi connectivity index (χ0v) is 12.2. The van der Waals surface area contributed by atoms with Gasteiger partial charge in [-0.05, 0) is 19.0 Å². The van der Waals surface area contributed by atoms with Crippen molar-refractivity contribution in [2.75, 3.05) is 27.9 Å². The number of hydrogen-bond donors (Lipinski definition) is 1. The molecule has 18 heavy (non-hydrogen) atoms. The van der Waals surface area contributed by atoms with E-state index in [2.05, 4.69) is 12.2 Å². The van der Waals surface area contributed by atoms with Crippen LogP contribution in [-0.2, 0) is 6.54 Å². The van der Waals surface area contributed by atoms with Gasteiger partial charge in [0.05, 0.1) is 21.3 Å². The summed E-state index contributed by atoms with van der Waals surface area (Å²) in [6.45, 7) is 3.88. The van der Waals surface area contributed by atoms with E-state index < -0.39 is 0 Å². The first kappa shape index (κ1) is 16.9. The molecule has 0 radical (unpaired) electrons. The maximum Gasteiger partial charge on any atom is 0.164 e. The van der Waals surface area contributed by atoms with Gasteiger partial charge in [-0.2, -0.15) is 0 Å². The number of halogens is 1. The van der Waals surface area contributed by atoms with Gasteiger partial charge in [-0.25, -0.2) is 0 Å². The minimum absolute atomic E-state index is 0. The molecule has 5 heteroatoms. The molecule has 0 aliphatic carbocycles. The number of methoxy groups -OCH3 is 3. The summed E-state index contributed by atoms with van der Waals surface area (Å²) in [5, 5.41) is 3.34. The van der Waals surface area contributed by atoms with Crippen LogP contribution in [0.15, 0.2) is 12.1 Å². The van der Waals surface area contributed by atoms with Gasteiger partial charge in [-0.1, -0.05) is 6.92 Å². The van der Waals surface area contributed by atoms with Crippen LogP contribution in [0.3, 0.4) is 0 Å². The minimum atomic E-state index is 0. The summed E-state index contributed by atoms with van der Waals surface area (Å²) in [6, 6.07) is 3.79. The molecule has 1 N–H and O–H groups in total. The van der Waals surface area contributed by atoms with Crippen LogP contribution in [0.4, 0.5) is 0 Å². The van der Waals surface area contributed by atoms with E-state index in [4.69, 9.17) is 14.2 Å². The fraction of sp³-hybridized carbons (Fsp3) is 0.538. The minimum Gasteiger partial charge on any atom is -0.496 e. The van der Waals surface area contributed by atoms with Crippen LogP contribution in [0.25, 0.3) is 0 Å². The molecule has 0 atom stereocenters. The second kappa shape index (κ2) is 8.89. The van der Waals surface area contributed by atoms with Gasteiger partial charge in [0.25, 0.3) is 0 Å². The molecule has 0 heterocycles. The van der Waals surface area contributed by atoms with E-state index in [-0.39, 0.29) is 12.4 Å². The number of rotatable bonds is 7. The molecule has 0 saturated carbocycles. The standard InChI is InChI=1S/C13H21NO3.ClH/c1-5-6-14-9-10-7-12(16-3)13(17-4)8-11(10)15-2;/h7-8,14H,5-6,9H2,1-4H3;1H. The Kier molecular flexibility index (Phi) is 8.33. The lowest BCUT2D eigenvalue weighted by molar-refractivity contribution is 0.347. The van der Waals surface area contributed by atoms with E-state index >= 15 is 0 Å². The first-order valence-corrected chi connectivity index (χ1v) is 5.76. The normalized spacial score (nSPS) is 9.56. The van der Waals surface area contributed by atoms with E-state index in [1.807, 2.05) is 12.1 Å². The van der Waals surface area contributed by atoms with Gasteiger partial charge in [0.2, 0.25) is 0 Å². The van der Waals surface area contributed by atoms with Crippen LogP contribution in [0.5, 0.6) is 17.2 Å². The Balaban J connectivity index is 0.00000289. The number of ether oxygens (including phenoxy) is 3. The van der Waals surface area contributed by atoms with Crippen molar-refractivity contribution in [1.82, 2.24) is 5.32 Å². The summed E-state index contributed by atoms with van der Waals surface area (Å²) in [6.07, 6.45) is 1.11. The number of nitrogens with one attached hydrogen (secondary N) is 1. The Morgan fingerprint density at radius 2 is 1.50 bits per heavy atom. The van der Waals surface area contributed by atoms with Gasteiger partial charge in [0.15, 0.2) is 11.5 Å². The average molecular weight is 276 g/mol. The largest absolute Gasteiger partial charge is 0.496 e. The van der Waals surface area contributed by atoms with Crippen LogP contribution in [0, 0.1) is 0 Å². The molecule has 0 aliphatic heterocycles. The van der Waals surface area contributed by atoms with Gasteiger partial charge in [-0.3, -0.25) is 0 Å². The highest BCUT2D eigenvalue weighted by Crippen LogP contribution is 2.34. The third kappa shape index (κ3) is 4.27. The van der Waals surface area contributed by atoms with Crippen LogP contribution in [-0.4, -0.2) is 27.9 Å². The maximum absolute atomic E-state index is 5.34. The SMILES string of the molecule is CCCNCc1cc(OC)c(OC)cc1OC.Cl. The van der Waals surface area contributed by atoms with Crippen molar-refractivity contribution in [2.24, 2.45) is 0 Å². The zero-order chi connectivity index (χ0) is 12.7. The van der Waals surface area contributed by atoms with Crippen LogP contribution in [0.2, 0.25) is 0 Å². The molecule has 0 bridgehead atoms. The van der Waals surface area contributed by atoms with Crippen molar-refractivity contribution in [3.05, 3.63) is 17.7 Å². The van der Waals surface area contributed by atoms with E-state index in [9.17, 15) is 0 Å². The molecule has 0 spiro atoms. The molecule has 0 fully saturated rings. The number of hydrogen-bond acceptors (Lipinski definition) is 4. The Bertz CT molecular complexity index is 358. The summed E-state index contributed by atoms with van der Waals surface area (Å²) < 4.78 is 15.9. The Hall–Kier alpha value is -1.13. The lowest BCUT2D eigenvalue weighted by Gasteiger charge is -2.14. The Labute approximate surface area is 115 Å². The monoisotopic (exact) mass is 275 g/mol. The second-order valence-corrected chi connectivity index (χ2v) is 3.70. The zero-order valence-electron chi connectivity index (χ0n) is 11.4. The van der Waals surface area contributed by atoms with Crippen molar-refractivity contribution >= 4 is 12.4 Å². The summed E-state index contributed by atoms with van der Waals surface area (Å²) >= 11 is 0. The van der Waals surface area contributed by atoms with E-state index in [1.165, 1.54) is 0 Å². The summed E-state index contributed by atoms with van der Waals surface area (Å²) in [5.41, 5.74) is 1.07. The fourth-order valence-corrected chi connectivity index (χ4v) is 1.63. The Morgan fingerprint density at radius 3 is 2.00 bits per heavy atom. The topological polar surface area (TPSA) is 39.7 Å². The molecular formula is C13H22ClNO3. The molecule has 0 amide bonds. The van der Waals surface area contributed by atoms with Crippen molar-refractivity contribution in [1.29, 1.82) is 0 Å². The van der Waals surface area contributed by atoms with E-state index in [0.29, 0.717) is 5.75 Å². The van der Waals surface area contributed by atoms with Crippen molar-refractivity contribution in [3.63, 3.8) is 0 Å². The maximum atomic E-state index is 5.34. The third-order valence-corrected chi connectivity index (χ3v) is 2.53. The molecule has 0 aromatic heterocycles. The third-order valence-electron chi connectivity index (χ3n) is 2.53. The van der Waals surface area contributed by atoms with Crippen molar-refractivity contribution < 1.29 is 14.2 Å². The molecule has 1 aromatic carbocycles. The number of benzene rings is 1. The highest BCUT2D eigenvalue weighted by atomic mass is 35.5. The second-order valence-electron chi connectivity index (χ2n) is 3.70. The van der Waals surface area contributed by atoms with Crippen LogP contribution < -0.4 is 19.5 Å². The lowest BCUT2D eigenvalue weighted by atomic mass is 10.1. The highest BCUT2D eigenvalue weighted by molar-refractivity contribution is 5.85. The predicted molar refractivity (Wildman–Crippen MR) is 75.3 cm³/mol. The fourth-order valence-electron chi connectivity index (χ4n) is 1.63. The van der Waals surface area contributed by atoms with E-state index in [1.54, 1.807) is 21.3 Å². The molecule has 1 rings (SSSR count). The van der Waals surface area contributed by atoms with Gasteiger partial charge in [0, 0.05) is 18.2 Å². The first-order valence-electron chi connectivity index (χ1n) is 5.76. The predicted octanol–water partition coefficient (Wildman–Crippen LogP) is 2.63. The highest BCUT2D eigenvalue weighted by Gasteiger charge is 2.11. The molecule has 0 aliphatic rings. The molecule has 104 valence electrons. The Morgan fingerprint density at radius 1 is 0.944 bits per heavy atom. The summed E-state index contributed by atoms with van der Waals surface area (Å²) in [5.74, 6) is 2.22. The van der Waals surface area contributed by atoms with Crippen molar-refractivity contribution in [3.8, 4) is 17.2 Å². The molecule has 1 aromatic rings. The van der Waals surface area contributed by atoms with Gasteiger partial charge < -0.3 is 19.5 Å². The molecule has 0 unspecified atom stereocenters. The molecule has 0 saturated heterocycles. The lowest BCUT2D eigenvalue weighted by Crippen LogP contribution is -2.14.